The molecule has 0 unspecified atom stereocenters. The predicted molar refractivity (Wildman–Crippen MR) is 130 cm³/mol. The van der Waals surface area contributed by atoms with Crippen molar-refractivity contribution in [2.75, 3.05) is 19.0 Å². The maximum atomic E-state index is 13.3. The summed E-state index contributed by atoms with van der Waals surface area (Å²) in [6.45, 7) is 3.39. The number of carbonyl (C=O) groups excluding carboxylic acids is 1. The minimum atomic E-state index is -0.410. The van der Waals surface area contributed by atoms with Crippen molar-refractivity contribution in [1.29, 1.82) is 0 Å². The first-order valence-corrected chi connectivity index (χ1v) is 10.6. The number of aryl methyl sites for hydroxylation is 2. The van der Waals surface area contributed by atoms with Crippen LogP contribution in [0.3, 0.4) is 0 Å². The summed E-state index contributed by atoms with van der Waals surface area (Å²) in [5, 5.41) is 3.48. The fraction of sp³-hybridized carbons (Fsp3) is 0.154. The minimum Gasteiger partial charge on any atom is -0.497 e. The van der Waals surface area contributed by atoms with Gasteiger partial charge in [0.15, 0.2) is 12.4 Å². The number of fused-ring (bicyclic) bond motifs is 1. The number of methoxy groups -OCH3 is 1. The first-order valence-electron chi connectivity index (χ1n) is 10.3. The molecule has 168 valence electrons. The number of ether oxygens (including phenoxy) is 2. The Morgan fingerprint density at radius 1 is 1.06 bits per heavy atom. The Balaban J connectivity index is 1.72. The van der Waals surface area contributed by atoms with Crippen LogP contribution in [0.4, 0.5) is 5.69 Å². The molecule has 7 heteroatoms. The molecule has 0 atom stereocenters. The summed E-state index contributed by atoms with van der Waals surface area (Å²) in [6, 6.07) is 17.7. The zero-order valence-corrected chi connectivity index (χ0v) is 19.2. The Morgan fingerprint density at radius 3 is 2.52 bits per heavy atom. The molecule has 4 aromatic rings. The van der Waals surface area contributed by atoms with E-state index in [-0.39, 0.29) is 23.5 Å². The highest BCUT2D eigenvalue weighted by Crippen LogP contribution is 2.33. The maximum absolute atomic E-state index is 13.3. The van der Waals surface area contributed by atoms with Crippen molar-refractivity contribution in [3.05, 3.63) is 87.0 Å². The molecule has 0 aliphatic heterocycles. The van der Waals surface area contributed by atoms with Gasteiger partial charge in [0, 0.05) is 16.3 Å². The van der Waals surface area contributed by atoms with Gasteiger partial charge in [0.2, 0.25) is 11.2 Å². The van der Waals surface area contributed by atoms with E-state index in [2.05, 4.69) is 5.32 Å². The van der Waals surface area contributed by atoms with Crippen molar-refractivity contribution >= 4 is 34.2 Å². The fourth-order valence-corrected chi connectivity index (χ4v) is 3.58. The van der Waals surface area contributed by atoms with Crippen LogP contribution >= 0.6 is 11.6 Å². The van der Waals surface area contributed by atoms with Crippen LogP contribution in [-0.4, -0.2) is 19.6 Å². The number of benzene rings is 3. The molecule has 4 rings (SSSR count). The molecule has 0 spiro atoms. The molecule has 6 nitrogen and oxygen atoms in total. The lowest BCUT2D eigenvalue weighted by atomic mass is 10.1. The van der Waals surface area contributed by atoms with Crippen LogP contribution in [0.5, 0.6) is 11.5 Å². The zero-order chi connectivity index (χ0) is 23.5. The average Bonchev–Trinajstić information content (AvgIpc) is 2.80. The van der Waals surface area contributed by atoms with E-state index in [0.29, 0.717) is 27.6 Å². The number of amides is 1. The number of halogens is 1. The summed E-state index contributed by atoms with van der Waals surface area (Å²) in [7, 11) is 1.57. The van der Waals surface area contributed by atoms with E-state index >= 15 is 0 Å². The quantitative estimate of drug-likeness (QED) is 0.393. The highest BCUT2D eigenvalue weighted by Gasteiger charge is 2.20. The third kappa shape index (κ3) is 4.86. The number of hydrogen-bond donors (Lipinski definition) is 1. The molecule has 0 aliphatic rings. The summed E-state index contributed by atoms with van der Waals surface area (Å²) < 4.78 is 17.0. The number of carbonyl (C=O) groups is 1. The third-order valence-corrected chi connectivity index (χ3v) is 5.54. The average molecular weight is 464 g/mol. The summed E-state index contributed by atoms with van der Waals surface area (Å²) in [4.78, 5) is 25.8. The van der Waals surface area contributed by atoms with Gasteiger partial charge in [-0.05, 0) is 73.5 Å². The predicted octanol–water partition coefficient (Wildman–Crippen LogP) is 5.76. The first kappa shape index (κ1) is 22.4. The van der Waals surface area contributed by atoms with Gasteiger partial charge in [-0.2, -0.15) is 0 Å². The van der Waals surface area contributed by atoms with Gasteiger partial charge < -0.3 is 19.2 Å². The van der Waals surface area contributed by atoms with Crippen molar-refractivity contribution in [2.24, 2.45) is 0 Å². The van der Waals surface area contributed by atoms with Crippen molar-refractivity contribution in [3.63, 3.8) is 0 Å². The molecule has 0 saturated carbocycles. The van der Waals surface area contributed by atoms with Crippen LogP contribution < -0.4 is 20.2 Å². The summed E-state index contributed by atoms with van der Waals surface area (Å²) in [5.41, 5.74) is 3.01. The van der Waals surface area contributed by atoms with Crippen molar-refractivity contribution in [1.82, 2.24) is 0 Å². The zero-order valence-electron chi connectivity index (χ0n) is 18.4. The second-order valence-corrected chi connectivity index (χ2v) is 8.03. The van der Waals surface area contributed by atoms with E-state index in [1.54, 1.807) is 49.6 Å². The van der Waals surface area contributed by atoms with Crippen LogP contribution in [-0.2, 0) is 4.79 Å². The SMILES string of the molecule is COc1ccc(-c2oc3cc(C)c(Cl)cc3c(=O)c2OCC(=O)Nc2cccc(C)c2)cc1. The number of hydrogen-bond acceptors (Lipinski definition) is 5. The van der Waals surface area contributed by atoms with Crippen LogP contribution in [0.15, 0.2) is 69.9 Å². The van der Waals surface area contributed by atoms with E-state index in [9.17, 15) is 9.59 Å². The monoisotopic (exact) mass is 463 g/mol. The topological polar surface area (TPSA) is 77.8 Å². The standard InChI is InChI=1S/C26H22ClNO5/c1-15-5-4-6-18(11-15)28-23(29)14-32-26-24(30)20-13-21(27)16(2)12-22(20)33-25(26)17-7-9-19(31-3)10-8-17/h4-13H,14H2,1-3H3,(H,28,29). The normalized spacial score (nSPS) is 10.8. The second-order valence-electron chi connectivity index (χ2n) is 7.62. The molecule has 1 aromatic heterocycles. The van der Waals surface area contributed by atoms with Crippen LogP contribution in [0.25, 0.3) is 22.3 Å². The van der Waals surface area contributed by atoms with E-state index in [4.69, 9.17) is 25.5 Å². The Bertz CT molecular complexity index is 1390. The molecule has 0 fully saturated rings. The summed E-state index contributed by atoms with van der Waals surface area (Å²) in [5.74, 6) is 0.416. The molecule has 1 N–H and O–H groups in total. The van der Waals surface area contributed by atoms with Crippen molar-refractivity contribution in [3.8, 4) is 22.8 Å². The Hall–Kier alpha value is -3.77. The molecule has 0 bridgehead atoms. The molecule has 0 radical (unpaired) electrons. The van der Waals surface area contributed by atoms with Crippen LogP contribution in [0.2, 0.25) is 5.02 Å². The summed E-state index contributed by atoms with van der Waals surface area (Å²) >= 11 is 6.23. The van der Waals surface area contributed by atoms with Gasteiger partial charge in [-0.1, -0.05) is 23.7 Å². The molecule has 1 heterocycles. The Labute approximate surface area is 195 Å². The Kier molecular flexibility index (Phi) is 6.38. The molecule has 3 aromatic carbocycles. The van der Waals surface area contributed by atoms with Gasteiger partial charge in [-0.15, -0.1) is 0 Å². The minimum absolute atomic E-state index is 0.0630. The van der Waals surface area contributed by atoms with Crippen molar-refractivity contribution in [2.45, 2.75) is 13.8 Å². The van der Waals surface area contributed by atoms with Gasteiger partial charge in [-0.3, -0.25) is 9.59 Å². The highest BCUT2D eigenvalue weighted by molar-refractivity contribution is 6.32. The Morgan fingerprint density at radius 2 is 1.82 bits per heavy atom. The van der Waals surface area contributed by atoms with Gasteiger partial charge in [-0.25, -0.2) is 0 Å². The molecular weight excluding hydrogens is 442 g/mol. The number of rotatable bonds is 6. The van der Waals surface area contributed by atoms with Crippen molar-refractivity contribution < 1.29 is 18.7 Å². The van der Waals surface area contributed by atoms with Crippen LogP contribution in [0.1, 0.15) is 11.1 Å². The highest BCUT2D eigenvalue weighted by atomic mass is 35.5. The van der Waals surface area contributed by atoms with E-state index in [1.165, 1.54) is 0 Å². The lowest BCUT2D eigenvalue weighted by Gasteiger charge is -2.13. The van der Waals surface area contributed by atoms with Gasteiger partial charge in [0.1, 0.15) is 11.3 Å². The number of anilines is 1. The molecule has 1 amide bonds. The van der Waals surface area contributed by atoms with E-state index < -0.39 is 11.3 Å². The van der Waals surface area contributed by atoms with Gasteiger partial charge >= 0.3 is 0 Å². The van der Waals surface area contributed by atoms with Crippen LogP contribution in [0, 0.1) is 13.8 Å². The maximum Gasteiger partial charge on any atom is 0.262 e. The lowest BCUT2D eigenvalue weighted by molar-refractivity contribution is -0.118. The van der Waals surface area contributed by atoms with Gasteiger partial charge in [0.25, 0.3) is 5.91 Å². The smallest absolute Gasteiger partial charge is 0.262 e. The molecular formula is C26H22ClNO5. The largest absolute Gasteiger partial charge is 0.497 e. The lowest BCUT2D eigenvalue weighted by Crippen LogP contribution is -2.22. The molecule has 0 aliphatic carbocycles. The second kappa shape index (κ2) is 9.38. The fourth-order valence-electron chi connectivity index (χ4n) is 3.42. The van der Waals surface area contributed by atoms with E-state index in [0.717, 1.165) is 11.1 Å². The van der Waals surface area contributed by atoms with E-state index in [1.807, 2.05) is 32.0 Å². The third-order valence-electron chi connectivity index (χ3n) is 5.13. The first-order chi connectivity index (χ1) is 15.9. The number of nitrogens with one attached hydrogen (secondary N) is 1. The molecule has 0 saturated heterocycles. The summed E-state index contributed by atoms with van der Waals surface area (Å²) in [6.07, 6.45) is 0. The molecule has 33 heavy (non-hydrogen) atoms. The van der Waals surface area contributed by atoms with Gasteiger partial charge in [0.05, 0.1) is 12.5 Å².